The van der Waals surface area contributed by atoms with Crippen molar-refractivity contribution in [2.75, 3.05) is 6.61 Å². The van der Waals surface area contributed by atoms with Crippen LogP contribution in [0, 0.1) is 6.42 Å². The zero-order chi connectivity index (χ0) is 10.8. The minimum Gasteiger partial charge on any atom is -0.394 e. The third kappa shape index (κ3) is 1.99. The van der Waals surface area contributed by atoms with Gasteiger partial charge >= 0.3 is 0 Å². The Balaban J connectivity index is 2.10. The maximum absolute atomic E-state index is 9.74. The lowest BCUT2D eigenvalue weighted by Gasteiger charge is -2.19. The van der Waals surface area contributed by atoms with Crippen LogP contribution in [0.15, 0.2) is 23.8 Å². The summed E-state index contributed by atoms with van der Waals surface area (Å²) in [4.78, 5) is 0. The van der Waals surface area contributed by atoms with Crippen molar-refractivity contribution in [3.05, 3.63) is 30.2 Å². The average Bonchev–Trinajstić information content (AvgIpc) is 2.57. The summed E-state index contributed by atoms with van der Waals surface area (Å²) in [5.74, 6) is 0. The molecule has 1 fully saturated rings. The molecule has 4 heteroatoms. The summed E-state index contributed by atoms with van der Waals surface area (Å²) in [6.45, 7) is -0.280. The van der Waals surface area contributed by atoms with Gasteiger partial charge in [-0.05, 0) is 18.4 Å². The van der Waals surface area contributed by atoms with Crippen LogP contribution < -0.4 is 0 Å². The highest BCUT2D eigenvalue weighted by Crippen LogP contribution is 2.29. The summed E-state index contributed by atoms with van der Waals surface area (Å²) in [7, 11) is 0. The normalized spacial score (nSPS) is 40.6. The molecule has 0 spiro atoms. The van der Waals surface area contributed by atoms with Gasteiger partial charge in [0.25, 0.3) is 0 Å². The van der Waals surface area contributed by atoms with Crippen LogP contribution in [-0.4, -0.2) is 46.3 Å². The topological polar surface area (TPSA) is 69.9 Å². The van der Waals surface area contributed by atoms with Crippen molar-refractivity contribution in [3.63, 3.8) is 0 Å². The number of allylic oxidation sites excluding steroid dienone is 3. The van der Waals surface area contributed by atoms with Crippen molar-refractivity contribution in [1.82, 2.24) is 0 Å². The molecule has 83 valence electrons. The Hall–Kier alpha value is -0.680. The van der Waals surface area contributed by atoms with Gasteiger partial charge in [-0.15, -0.1) is 0 Å². The van der Waals surface area contributed by atoms with Crippen molar-refractivity contribution >= 4 is 0 Å². The van der Waals surface area contributed by atoms with Crippen LogP contribution in [0.3, 0.4) is 0 Å². The van der Waals surface area contributed by atoms with Crippen LogP contribution in [0.2, 0.25) is 0 Å². The van der Waals surface area contributed by atoms with Crippen molar-refractivity contribution in [2.45, 2.75) is 30.8 Å². The Morgan fingerprint density at radius 3 is 2.67 bits per heavy atom. The van der Waals surface area contributed by atoms with Crippen LogP contribution in [0.1, 0.15) is 6.42 Å². The first-order valence-electron chi connectivity index (χ1n) is 5.06. The number of aliphatic hydroxyl groups excluding tert-OH is 3. The lowest BCUT2D eigenvalue weighted by molar-refractivity contribution is -0.0137. The number of ether oxygens (including phenoxy) is 1. The van der Waals surface area contributed by atoms with Crippen LogP contribution in [0.5, 0.6) is 0 Å². The Labute approximate surface area is 88.5 Å². The highest BCUT2D eigenvalue weighted by molar-refractivity contribution is 5.31. The second-order valence-corrected chi connectivity index (χ2v) is 3.79. The molecule has 3 N–H and O–H groups in total. The zero-order valence-electron chi connectivity index (χ0n) is 8.28. The fraction of sp³-hybridized carbons (Fsp3) is 0.545. The quantitative estimate of drug-likeness (QED) is 0.579. The third-order valence-electron chi connectivity index (χ3n) is 2.79. The summed E-state index contributed by atoms with van der Waals surface area (Å²) < 4.78 is 5.39. The first-order valence-corrected chi connectivity index (χ1v) is 5.06. The molecule has 4 atom stereocenters. The maximum atomic E-state index is 9.74. The summed E-state index contributed by atoms with van der Waals surface area (Å²) in [5, 5.41) is 28.2. The van der Waals surface area contributed by atoms with Gasteiger partial charge < -0.3 is 20.1 Å². The Kier molecular flexibility index (Phi) is 3.21. The van der Waals surface area contributed by atoms with E-state index < -0.39 is 24.4 Å². The molecule has 1 heterocycles. The minimum absolute atomic E-state index is 0.280. The van der Waals surface area contributed by atoms with Gasteiger partial charge in [0.2, 0.25) is 0 Å². The second kappa shape index (κ2) is 4.45. The van der Waals surface area contributed by atoms with E-state index in [4.69, 9.17) is 9.84 Å². The molecule has 1 radical (unpaired) electrons. The molecular weight excluding hydrogens is 196 g/mol. The van der Waals surface area contributed by atoms with E-state index in [0.717, 1.165) is 12.0 Å². The standard InChI is InChI=1S/C11H15O4/c12-6-8-9(13)10(14)11(15-8)7-4-2-1-3-5-7/h1-2,4-5,8-14H,3,6H2/t8-,9-,10-,11?/m1/s1. The van der Waals surface area contributed by atoms with Gasteiger partial charge in [0.1, 0.15) is 24.4 Å². The van der Waals surface area contributed by atoms with Crippen LogP contribution in [-0.2, 0) is 4.74 Å². The summed E-state index contributed by atoms with van der Waals surface area (Å²) in [6, 6.07) is 0. The molecule has 4 nitrogen and oxygen atoms in total. The molecule has 0 amide bonds. The maximum Gasteiger partial charge on any atom is 0.113 e. The van der Waals surface area contributed by atoms with E-state index >= 15 is 0 Å². The molecule has 2 aliphatic rings. The molecule has 0 aromatic carbocycles. The molecule has 0 aromatic heterocycles. The first-order chi connectivity index (χ1) is 7.24. The predicted octanol–water partition coefficient (Wildman–Crippen LogP) is -0.442. The summed E-state index contributed by atoms with van der Waals surface area (Å²) in [6.07, 6.45) is 5.29. The van der Waals surface area contributed by atoms with Crippen molar-refractivity contribution < 1.29 is 20.1 Å². The van der Waals surface area contributed by atoms with E-state index in [9.17, 15) is 10.2 Å². The molecule has 0 aromatic rings. The average molecular weight is 211 g/mol. The number of rotatable bonds is 2. The van der Waals surface area contributed by atoms with E-state index in [0.29, 0.717) is 0 Å². The van der Waals surface area contributed by atoms with Crippen LogP contribution >= 0.6 is 0 Å². The van der Waals surface area contributed by atoms with Crippen molar-refractivity contribution in [2.24, 2.45) is 0 Å². The monoisotopic (exact) mass is 211 g/mol. The third-order valence-corrected chi connectivity index (χ3v) is 2.79. The molecule has 1 unspecified atom stereocenters. The molecule has 15 heavy (non-hydrogen) atoms. The highest BCUT2D eigenvalue weighted by atomic mass is 16.6. The lowest BCUT2D eigenvalue weighted by atomic mass is 9.95. The smallest absolute Gasteiger partial charge is 0.113 e. The predicted molar refractivity (Wildman–Crippen MR) is 53.9 cm³/mol. The van der Waals surface area contributed by atoms with Crippen molar-refractivity contribution in [3.8, 4) is 0 Å². The van der Waals surface area contributed by atoms with Gasteiger partial charge in [0, 0.05) is 0 Å². The van der Waals surface area contributed by atoms with Crippen LogP contribution in [0.25, 0.3) is 0 Å². The van der Waals surface area contributed by atoms with E-state index in [2.05, 4.69) is 0 Å². The molecule has 1 aliphatic carbocycles. The van der Waals surface area contributed by atoms with E-state index in [1.807, 2.05) is 24.6 Å². The first kappa shape index (κ1) is 10.8. The van der Waals surface area contributed by atoms with Gasteiger partial charge in [-0.3, -0.25) is 0 Å². The summed E-state index contributed by atoms with van der Waals surface area (Å²) >= 11 is 0. The number of hydrogen-bond acceptors (Lipinski definition) is 4. The highest BCUT2D eigenvalue weighted by Gasteiger charge is 2.43. The Bertz CT molecular complexity index is 284. The minimum atomic E-state index is -1.01. The lowest BCUT2D eigenvalue weighted by Crippen LogP contribution is -2.34. The molecule has 0 bridgehead atoms. The van der Waals surface area contributed by atoms with Gasteiger partial charge in [-0.1, -0.05) is 18.2 Å². The Morgan fingerprint density at radius 2 is 2.13 bits per heavy atom. The Morgan fingerprint density at radius 1 is 1.33 bits per heavy atom. The fourth-order valence-corrected chi connectivity index (χ4v) is 1.92. The number of hydrogen-bond donors (Lipinski definition) is 3. The molecule has 2 rings (SSSR count). The van der Waals surface area contributed by atoms with Gasteiger partial charge in [-0.25, -0.2) is 0 Å². The van der Waals surface area contributed by atoms with E-state index in [1.54, 1.807) is 0 Å². The fourth-order valence-electron chi connectivity index (χ4n) is 1.92. The van der Waals surface area contributed by atoms with Crippen LogP contribution in [0.4, 0.5) is 0 Å². The SMILES string of the molecule is OC[C@H]1OC(C2=CC=CC[CH]2)[C@H](O)[C@@H]1O. The molecule has 1 saturated heterocycles. The van der Waals surface area contributed by atoms with Crippen molar-refractivity contribution in [1.29, 1.82) is 0 Å². The van der Waals surface area contributed by atoms with Gasteiger partial charge in [-0.2, -0.15) is 0 Å². The molecular formula is C11H15O4. The van der Waals surface area contributed by atoms with E-state index in [1.165, 1.54) is 0 Å². The number of aliphatic hydroxyl groups is 3. The van der Waals surface area contributed by atoms with E-state index in [-0.39, 0.29) is 6.61 Å². The molecule has 0 saturated carbocycles. The summed E-state index contributed by atoms with van der Waals surface area (Å²) in [5.41, 5.74) is 0.861. The van der Waals surface area contributed by atoms with Gasteiger partial charge in [0.05, 0.1) is 6.61 Å². The second-order valence-electron chi connectivity index (χ2n) is 3.79. The van der Waals surface area contributed by atoms with Gasteiger partial charge in [0.15, 0.2) is 0 Å². The molecule has 1 aliphatic heterocycles. The largest absolute Gasteiger partial charge is 0.394 e. The zero-order valence-corrected chi connectivity index (χ0v) is 8.28.